The van der Waals surface area contributed by atoms with E-state index in [0.29, 0.717) is 6.04 Å². The second-order valence-electron chi connectivity index (χ2n) is 6.55. The zero-order valence-electron chi connectivity index (χ0n) is 13.3. The fourth-order valence-corrected chi connectivity index (χ4v) is 5.38. The predicted molar refractivity (Wildman–Crippen MR) is 92.0 cm³/mol. The highest BCUT2D eigenvalue weighted by Crippen LogP contribution is 2.49. The number of ether oxygens (including phenoxy) is 1. The van der Waals surface area contributed by atoms with Gasteiger partial charge in [-0.15, -0.1) is 11.3 Å². The average molecular weight is 350 g/mol. The predicted octanol–water partition coefficient (Wildman–Crippen LogP) is 3.78. The van der Waals surface area contributed by atoms with E-state index >= 15 is 0 Å². The van der Waals surface area contributed by atoms with Crippen molar-refractivity contribution in [3.63, 3.8) is 0 Å². The molecular formula is C17H20ClN3OS. The molecule has 2 aliphatic heterocycles. The molecule has 3 atom stereocenters. The molecule has 3 unspecified atom stereocenters. The summed E-state index contributed by atoms with van der Waals surface area (Å²) in [5.74, 6) is 0.806. The number of aryl methyl sites for hydroxylation is 1. The van der Waals surface area contributed by atoms with Crippen molar-refractivity contribution >= 4 is 22.9 Å². The van der Waals surface area contributed by atoms with E-state index in [1.54, 1.807) is 11.3 Å². The van der Waals surface area contributed by atoms with Gasteiger partial charge in [-0.05, 0) is 44.4 Å². The first-order valence-corrected chi connectivity index (χ1v) is 9.23. The molecule has 1 saturated heterocycles. The Hall–Kier alpha value is -1.01. The lowest BCUT2D eigenvalue weighted by atomic mass is 9.79. The maximum atomic E-state index is 6.37. The van der Waals surface area contributed by atoms with E-state index in [2.05, 4.69) is 28.3 Å². The monoisotopic (exact) mass is 349 g/mol. The minimum atomic E-state index is -0.237. The molecule has 4 nitrogen and oxygen atoms in total. The van der Waals surface area contributed by atoms with Gasteiger partial charge in [0.1, 0.15) is 11.4 Å². The summed E-state index contributed by atoms with van der Waals surface area (Å²) < 4.78 is 7.23. The highest BCUT2D eigenvalue weighted by atomic mass is 35.5. The molecule has 0 saturated carbocycles. The first-order chi connectivity index (χ1) is 11.1. The lowest BCUT2D eigenvalue weighted by molar-refractivity contribution is -0.0958. The largest absolute Gasteiger partial charge is 0.369 e. The number of hydrogen-bond donors (Lipinski definition) is 1. The molecule has 122 valence electrons. The molecule has 1 N–H and O–H groups in total. The van der Waals surface area contributed by atoms with Gasteiger partial charge < -0.3 is 10.1 Å². The Morgan fingerprint density at radius 2 is 2.30 bits per heavy atom. The SMILES string of the molecule is Cc1nccc(C2CC3(CC(C)N2)OCCc2cc(Cl)sc23)n1. The van der Waals surface area contributed by atoms with Crippen LogP contribution >= 0.6 is 22.9 Å². The van der Waals surface area contributed by atoms with Crippen LogP contribution in [0.1, 0.15) is 47.8 Å². The second-order valence-corrected chi connectivity index (χ2v) is 8.24. The Morgan fingerprint density at radius 1 is 1.43 bits per heavy atom. The van der Waals surface area contributed by atoms with Gasteiger partial charge in [-0.3, -0.25) is 0 Å². The van der Waals surface area contributed by atoms with Gasteiger partial charge in [0.25, 0.3) is 0 Å². The minimum Gasteiger partial charge on any atom is -0.369 e. The molecule has 23 heavy (non-hydrogen) atoms. The van der Waals surface area contributed by atoms with E-state index in [4.69, 9.17) is 16.3 Å². The molecular weight excluding hydrogens is 330 g/mol. The van der Waals surface area contributed by atoms with Crippen LogP contribution in [-0.2, 0) is 16.8 Å². The van der Waals surface area contributed by atoms with Crippen LogP contribution in [0.2, 0.25) is 4.34 Å². The van der Waals surface area contributed by atoms with Crippen molar-refractivity contribution in [1.29, 1.82) is 0 Å². The van der Waals surface area contributed by atoms with Crippen LogP contribution in [0.5, 0.6) is 0 Å². The molecule has 0 aliphatic carbocycles. The normalized spacial score (nSPS) is 30.4. The Labute approximate surface area is 145 Å². The summed E-state index contributed by atoms with van der Waals surface area (Å²) in [6.07, 6.45) is 4.65. The molecule has 1 fully saturated rings. The van der Waals surface area contributed by atoms with Crippen LogP contribution in [-0.4, -0.2) is 22.6 Å². The Morgan fingerprint density at radius 3 is 3.13 bits per heavy atom. The zero-order chi connectivity index (χ0) is 16.0. The Balaban J connectivity index is 1.73. The average Bonchev–Trinajstić information content (AvgIpc) is 2.89. The number of hydrogen-bond acceptors (Lipinski definition) is 5. The van der Waals surface area contributed by atoms with Crippen LogP contribution in [0.15, 0.2) is 18.3 Å². The van der Waals surface area contributed by atoms with Gasteiger partial charge >= 0.3 is 0 Å². The first-order valence-electron chi connectivity index (χ1n) is 8.04. The van der Waals surface area contributed by atoms with E-state index < -0.39 is 0 Å². The number of nitrogens with zero attached hydrogens (tertiary/aromatic N) is 2. The van der Waals surface area contributed by atoms with Crippen LogP contribution < -0.4 is 5.32 Å². The molecule has 2 aliphatic rings. The molecule has 2 aromatic heterocycles. The van der Waals surface area contributed by atoms with E-state index in [1.165, 1.54) is 10.4 Å². The molecule has 0 amide bonds. The smallest absolute Gasteiger partial charge is 0.125 e. The van der Waals surface area contributed by atoms with Crippen molar-refractivity contribution < 1.29 is 4.74 Å². The lowest BCUT2D eigenvalue weighted by Gasteiger charge is -2.46. The molecule has 6 heteroatoms. The van der Waals surface area contributed by atoms with E-state index in [0.717, 1.165) is 41.7 Å². The topological polar surface area (TPSA) is 47.0 Å². The summed E-state index contributed by atoms with van der Waals surface area (Å²) in [6.45, 7) is 4.91. The maximum absolute atomic E-state index is 6.37. The number of fused-ring (bicyclic) bond motifs is 2. The van der Waals surface area contributed by atoms with Crippen LogP contribution in [0, 0.1) is 6.92 Å². The van der Waals surface area contributed by atoms with Crippen molar-refractivity contribution in [3.8, 4) is 0 Å². The van der Waals surface area contributed by atoms with Gasteiger partial charge in [-0.1, -0.05) is 11.6 Å². The third kappa shape index (κ3) is 2.80. The number of rotatable bonds is 1. The van der Waals surface area contributed by atoms with Crippen LogP contribution in [0.4, 0.5) is 0 Å². The van der Waals surface area contributed by atoms with E-state index in [9.17, 15) is 0 Å². The van der Waals surface area contributed by atoms with Crippen molar-refractivity contribution in [3.05, 3.63) is 44.6 Å². The molecule has 0 aromatic carbocycles. The quantitative estimate of drug-likeness (QED) is 0.851. The Kier molecular flexibility index (Phi) is 3.92. The van der Waals surface area contributed by atoms with Crippen molar-refractivity contribution in [2.24, 2.45) is 0 Å². The number of thiophene rings is 1. The molecule has 4 rings (SSSR count). The standard InChI is InChI=1S/C17H20ClN3OS/c1-10-8-17(16-12(4-6-22-17)7-15(18)23-16)9-14(20-10)13-3-5-19-11(2)21-13/h3,5,7,10,14,20H,4,6,8-9H2,1-2H3. The third-order valence-corrected chi connectivity index (χ3v) is 6.24. The number of piperidine rings is 1. The fourth-order valence-electron chi connectivity index (χ4n) is 3.92. The van der Waals surface area contributed by atoms with Crippen LogP contribution in [0.25, 0.3) is 0 Å². The second kappa shape index (κ2) is 5.81. The molecule has 1 spiro atoms. The summed E-state index contributed by atoms with van der Waals surface area (Å²) in [4.78, 5) is 10.1. The van der Waals surface area contributed by atoms with Crippen molar-refractivity contribution in [2.75, 3.05) is 6.61 Å². The number of nitrogens with one attached hydrogen (secondary N) is 1. The van der Waals surface area contributed by atoms with E-state index in [-0.39, 0.29) is 11.6 Å². The summed E-state index contributed by atoms with van der Waals surface area (Å²) in [5.41, 5.74) is 2.17. The highest BCUT2D eigenvalue weighted by molar-refractivity contribution is 7.16. The highest BCUT2D eigenvalue weighted by Gasteiger charge is 2.46. The zero-order valence-corrected chi connectivity index (χ0v) is 14.9. The van der Waals surface area contributed by atoms with Gasteiger partial charge in [0.05, 0.1) is 22.7 Å². The Bertz CT molecular complexity index is 734. The fraction of sp³-hybridized carbons (Fsp3) is 0.529. The van der Waals surface area contributed by atoms with Crippen LogP contribution in [0.3, 0.4) is 0 Å². The summed E-state index contributed by atoms with van der Waals surface area (Å²) in [6, 6.07) is 4.65. The van der Waals surface area contributed by atoms with Crippen molar-refractivity contribution in [1.82, 2.24) is 15.3 Å². The lowest BCUT2D eigenvalue weighted by Crippen LogP contribution is -2.49. The number of aromatic nitrogens is 2. The maximum Gasteiger partial charge on any atom is 0.125 e. The van der Waals surface area contributed by atoms with Gasteiger partial charge in [-0.2, -0.15) is 0 Å². The molecule has 0 bridgehead atoms. The van der Waals surface area contributed by atoms with Gasteiger partial charge in [0.15, 0.2) is 0 Å². The van der Waals surface area contributed by atoms with Gasteiger partial charge in [0.2, 0.25) is 0 Å². The summed E-state index contributed by atoms with van der Waals surface area (Å²) in [5, 5.41) is 3.67. The molecule has 0 radical (unpaired) electrons. The van der Waals surface area contributed by atoms with E-state index in [1.807, 2.05) is 19.2 Å². The summed E-state index contributed by atoms with van der Waals surface area (Å²) >= 11 is 7.97. The van der Waals surface area contributed by atoms with Gasteiger partial charge in [0, 0.05) is 23.5 Å². The van der Waals surface area contributed by atoms with Gasteiger partial charge in [-0.25, -0.2) is 9.97 Å². The summed E-state index contributed by atoms with van der Waals surface area (Å²) in [7, 11) is 0. The number of halogens is 1. The molecule has 4 heterocycles. The first kappa shape index (κ1) is 15.5. The van der Waals surface area contributed by atoms with Crippen molar-refractivity contribution in [2.45, 2.75) is 50.8 Å². The minimum absolute atomic E-state index is 0.173. The third-order valence-electron chi connectivity index (χ3n) is 4.75. The molecule has 2 aromatic rings.